The van der Waals surface area contributed by atoms with Crippen LogP contribution in [0.2, 0.25) is 0 Å². The number of anilines is 1. The predicted octanol–water partition coefficient (Wildman–Crippen LogP) is 4.09. The van der Waals surface area contributed by atoms with Crippen molar-refractivity contribution in [3.8, 4) is 22.9 Å². The van der Waals surface area contributed by atoms with Gasteiger partial charge in [-0.05, 0) is 59.7 Å². The first kappa shape index (κ1) is 20.4. The fourth-order valence-electron chi connectivity index (χ4n) is 3.58. The maximum absolute atomic E-state index is 13.1. The van der Waals surface area contributed by atoms with E-state index in [1.165, 1.54) is 12.1 Å². The molecule has 0 N–H and O–H groups in total. The number of piperazine rings is 1. The summed E-state index contributed by atoms with van der Waals surface area (Å²) in [6, 6.07) is 23.5. The number of amides is 1. The minimum atomic E-state index is -0.250. The number of benzene rings is 3. The van der Waals surface area contributed by atoms with E-state index in [1.807, 2.05) is 36.4 Å². The summed E-state index contributed by atoms with van der Waals surface area (Å²) in [6.45, 7) is 2.62. The first-order valence-corrected chi connectivity index (χ1v) is 10.1. The standard InChI is InChI=1S/C25H22FN3O2/c26-22-7-9-23(10-8-22)28-13-15-29(16-14-28)25(30)18-31-24-11-5-21(6-12-24)20-3-1-19(17-27)2-4-20/h1-12H,13-16,18H2. The third-order valence-electron chi connectivity index (χ3n) is 5.39. The van der Waals surface area contributed by atoms with E-state index in [1.54, 1.807) is 29.2 Å². The summed E-state index contributed by atoms with van der Waals surface area (Å²) >= 11 is 0. The van der Waals surface area contributed by atoms with Gasteiger partial charge in [0, 0.05) is 31.9 Å². The van der Waals surface area contributed by atoms with Gasteiger partial charge in [-0.25, -0.2) is 4.39 Å². The van der Waals surface area contributed by atoms with Crippen LogP contribution in [0.25, 0.3) is 11.1 Å². The summed E-state index contributed by atoms with van der Waals surface area (Å²) in [5.74, 6) is 0.338. The van der Waals surface area contributed by atoms with Gasteiger partial charge >= 0.3 is 0 Å². The van der Waals surface area contributed by atoms with Gasteiger partial charge in [-0.3, -0.25) is 4.79 Å². The lowest BCUT2D eigenvalue weighted by atomic mass is 10.0. The third kappa shape index (κ3) is 5.01. The van der Waals surface area contributed by atoms with Crippen LogP contribution in [0.3, 0.4) is 0 Å². The molecule has 31 heavy (non-hydrogen) atoms. The summed E-state index contributed by atoms with van der Waals surface area (Å²) in [5.41, 5.74) is 3.62. The fourth-order valence-corrected chi connectivity index (χ4v) is 3.58. The molecule has 0 aliphatic carbocycles. The molecular weight excluding hydrogens is 393 g/mol. The highest BCUT2D eigenvalue weighted by Crippen LogP contribution is 2.23. The highest BCUT2D eigenvalue weighted by molar-refractivity contribution is 5.78. The Hall–Kier alpha value is -3.85. The molecule has 0 saturated carbocycles. The Labute approximate surface area is 180 Å². The van der Waals surface area contributed by atoms with Crippen LogP contribution in [0.4, 0.5) is 10.1 Å². The summed E-state index contributed by atoms with van der Waals surface area (Å²) in [6.07, 6.45) is 0. The van der Waals surface area contributed by atoms with Gasteiger partial charge in [0.05, 0.1) is 11.6 Å². The zero-order chi connectivity index (χ0) is 21.6. The minimum Gasteiger partial charge on any atom is -0.484 e. The van der Waals surface area contributed by atoms with Crippen LogP contribution in [0.1, 0.15) is 5.56 Å². The van der Waals surface area contributed by atoms with E-state index in [-0.39, 0.29) is 18.3 Å². The lowest BCUT2D eigenvalue weighted by molar-refractivity contribution is -0.133. The van der Waals surface area contributed by atoms with Crippen LogP contribution in [-0.4, -0.2) is 43.6 Å². The molecule has 0 unspecified atom stereocenters. The number of nitriles is 1. The number of rotatable bonds is 5. The Morgan fingerprint density at radius 2 is 1.45 bits per heavy atom. The molecular formula is C25H22FN3O2. The maximum atomic E-state index is 13.1. The molecule has 5 nitrogen and oxygen atoms in total. The second-order valence-electron chi connectivity index (χ2n) is 7.35. The lowest BCUT2D eigenvalue weighted by Crippen LogP contribution is -2.50. The molecule has 0 bridgehead atoms. The van der Waals surface area contributed by atoms with Crippen molar-refractivity contribution in [2.24, 2.45) is 0 Å². The lowest BCUT2D eigenvalue weighted by Gasteiger charge is -2.36. The Bertz CT molecular complexity index is 1070. The molecule has 1 aliphatic heterocycles. The first-order valence-electron chi connectivity index (χ1n) is 10.1. The molecule has 0 spiro atoms. The molecule has 6 heteroatoms. The zero-order valence-corrected chi connectivity index (χ0v) is 17.0. The van der Waals surface area contributed by atoms with Gasteiger partial charge in [0.15, 0.2) is 6.61 Å². The van der Waals surface area contributed by atoms with Crippen molar-refractivity contribution in [1.82, 2.24) is 4.90 Å². The van der Waals surface area contributed by atoms with Crippen molar-refractivity contribution in [3.63, 3.8) is 0 Å². The van der Waals surface area contributed by atoms with Crippen LogP contribution in [0, 0.1) is 17.1 Å². The molecule has 4 rings (SSSR count). The van der Waals surface area contributed by atoms with Gasteiger partial charge < -0.3 is 14.5 Å². The molecule has 1 aliphatic rings. The second kappa shape index (κ2) is 9.31. The smallest absolute Gasteiger partial charge is 0.260 e. The molecule has 1 saturated heterocycles. The summed E-state index contributed by atoms with van der Waals surface area (Å²) in [7, 11) is 0. The highest BCUT2D eigenvalue weighted by atomic mass is 19.1. The minimum absolute atomic E-state index is 0.00718. The van der Waals surface area contributed by atoms with E-state index >= 15 is 0 Å². The first-order chi connectivity index (χ1) is 15.1. The summed E-state index contributed by atoms with van der Waals surface area (Å²) < 4.78 is 18.8. The van der Waals surface area contributed by atoms with Crippen molar-refractivity contribution < 1.29 is 13.9 Å². The Morgan fingerprint density at radius 3 is 2.03 bits per heavy atom. The number of hydrogen-bond acceptors (Lipinski definition) is 4. The SMILES string of the molecule is N#Cc1ccc(-c2ccc(OCC(=O)N3CCN(c4ccc(F)cc4)CC3)cc2)cc1. The Kier molecular flexibility index (Phi) is 6.13. The van der Waals surface area contributed by atoms with E-state index in [2.05, 4.69) is 11.0 Å². The largest absolute Gasteiger partial charge is 0.484 e. The Morgan fingerprint density at radius 1 is 0.871 bits per heavy atom. The molecule has 1 heterocycles. The molecule has 3 aromatic rings. The molecule has 1 fully saturated rings. The number of carbonyl (C=O) groups is 1. The van der Waals surface area contributed by atoms with Gasteiger partial charge in [0.25, 0.3) is 5.91 Å². The monoisotopic (exact) mass is 415 g/mol. The van der Waals surface area contributed by atoms with Crippen molar-refractivity contribution in [2.45, 2.75) is 0 Å². The van der Waals surface area contributed by atoms with Crippen LogP contribution in [-0.2, 0) is 4.79 Å². The predicted molar refractivity (Wildman–Crippen MR) is 117 cm³/mol. The second-order valence-corrected chi connectivity index (χ2v) is 7.35. The Balaban J connectivity index is 1.27. The number of ether oxygens (including phenoxy) is 1. The fraction of sp³-hybridized carbons (Fsp3) is 0.200. The van der Waals surface area contributed by atoms with Crippen LogP contribution >= 0.6 is 0 Å². The molecule has 0 radical (unpaired) electrons. The van der Waals surface area contributed by atoms with E-state index in [4.69, 9.17) is 10.00 Å². The van der Waals surface area contributed by atoms with Gasteiger partial charge in [-0.15, -0.1) is 0 Å². The molecule has 1 amide bonds. The normalized spacial score (nSPS) is 13.5. The molecule has 0 atom stereocenters. The van der Waals surface area contributed by atoms with E-state index in [0.717, 1.165) is 16.8 Å². The average Bonchev–Trinajstić information content (AvgIpc) is 2.83. The number of nitrogens with zero attached hydrogens (tertiary/aromatic N) is 3. The summed E-state index contributed by atoms with van der Waals surface area (Å²) in [4.78, 5) is 16.5. The molecule has 0 aromatic heterocycles. The third-order valence-corrected chi connectivity index (χ3v) is 5.39. The summed E-state index contributed by atoms with van der Waals surface area (Å²) in [5, 5.41) is 8.90. The van der Waals surface area contributed by atoms with Crippen molar-refractivity contribution >= 4 is 11.6 Å². The number of halogens is 1. The van der Waals surface area contributed by atoms with E-state index in [9.17, 15) is 9.18 Å². The number of hydrogen-bond donors (Lipinski definition) is 0. The van der Waals surface area contributed by atoms with Crippen LogP contribution in [0.5, 0.6) is 5.75 Å². The van der Waals surface area contributed by atoms with Gasteiger partial charge in [-0.2, -0.15) is 5.26 Å². The van der Waals surface area contributed by atoms with Crippen molar-refractivity contribution in [2.75, 3.05) is 37.7 Å². The van der Waals surface area contributed by atoms with Gasteiger partial charge in [0.1, 0.15) is 11.6 Å². The molecule has 3 aromatic carbocycles. The topological polar surface area (TPSA) is 56.6 Å². The van der Waals surface area contributed by atoms with E-state index in [0.29, 0.717) is 37.5 Å². The number of carbonyl (C=O) groups excluding carboxylic acids is 1. The molecule has 156 valence electrons. The maximum Gasteiger partial charge on any atom is 0.260 e. The van der Waals surface area contributed by atoms with Crippen LogP contribution < -0.4 is 9.64 Å². The quantitative estimate of drug-likeness (QED) is 0.630. The van der Waals surface area contributed by atoms with Crippen molar-refractivity contribution in [3.05, 3.63) is 84.2 Å². The van der Waals surface area contributed by atoms with Gasteiger partial charge in [0.2, 0.25) is 0 Å². The van der Waals surface area contributed by atoms with Crippen molar-refractivity contribution in [1.29, 1.82) is 5.26 Å². The van der Waals surface area contributed by atoms with Gasteiger partial charge in [-0.1, -0.05) is 24.3 Å². The van der Waals surface area contributed by atoms with E-state index < -0.39 is 0 Å². The highest BCUT2D eigenvalue weighted by Gasteiger charge is 2.21. The zero-order valence-electron chi connectivity index (χ0n) is 17.0. The average molecular weight is 415 g/mol. The van der Waals surface area contributed by atoms with Crippen LogP contribution in [0.15, 0.2) is 72.8 Å².